The number of hydrogen-bond acceptors (Lipinski definition) is 4. The molecule has 0 radical (unpaired) electrons. The number of rotatable bonds is 6. The Kier molecular flexibility index (Phi) is 7.42. The lowest BCUT2D eigenvalue weighted by atomic mass is 9.97. The zero-order valence-electron chi connectivity index (χ0n) is 30.2. The number of nitrogens with zero attached hydrogens (tertiary/aromatic N) is 4. The molecular weight excluding hydrogens is 685 g/mol. The Balaban J connectivity index is 1.09. The predicted molar refractivity (Wildman–Crippen MR) is 229 cm³/mol. The normalized spacial score (nSPS) is 11.6. The molecule has 0 unspecified atom stereocenters. The molecule has 5 heteroatoms. The van der Waals surface area contributed by atoms with Crippen LogP contribution in [0.5, 0.6) is 0 Å². The molecule has 0 aliphatic carbocycles. The van der Waals surface area contributed by atoms with Crippen molar-refractivity contribution < 1.29 is 4.42 Å². The molecule has 3 heterocycles. The highest BCUT2D eigenvalue weighted by atomic mass is 16.3. The zero-order chi connectivity index (χ0) is 37.0. The van der Waals surface area contributed by atoms with Crippen LogP contribution in [0.3, 0.4) is 0 Å². The topological polar surface area (TPSA) is 56.7 Å². The molecule has 0 atom stereocenters. The number of benzene rings is 8. The fourth-order valence-corrected chi connectivity index (χ4v) is 8.16. The maximum atomic E-state index is 6.66. The molecule has 5 nitrogen and oxygen atoms in total. The van der Waals surface area contributed by atoms with Crippen LogP contribution in [-0.4, -0.2) is 19.5 Å². The van der Waals surface area contributed by atoms with Crippen molar-refractivity contribution in [1.82, 2.24) is 19.5 Å². The minimum atomic E-state index is 0.590. The van der Waals surface area contributed by atoms with E-state index in [0.717, 1.165) is 66.5 Å². The number of fused-ring (bicyclic) bond motifs is 6. The fourth-order valence-electron chi connectivity index (χ4n) is 8.16. The molecule has 0 fully saturated rings. The number of aromatic nitrogens is 4. The summed E-state index contributed by atoms with van der Waals surface area (Å²) in [7, 11) is 0. The molecule has 56 heavy (non-hydrogen) atoms. The summed E-state index contributed by atoms with van der Waals surface area (Å²) in [5, 5.41) is 4.56. The third-order valence-electron chi connectivity index (χ3n) is 10.7. The molecule has 0 spiro atoms. The average molecular weight is 717 g/mol. The SMILES string of the molecule is c1ccc(-c2nc(-c3ccccc3)nc(-c3ccc4c(c3)oc3cccc(-c5ccccc5-n5c6ccccc6c6c(-c7ccccc7)cccc65)c34)n2)cc1. The molecule has 3 aromatic heterocycles. The van der Waals surface area contributed by atoms with E-state index in [-0.39, 0.29) is 0 Å². The van der Waals surface area contributed by atoms with Crippen molar-refractivity contribution in [3.63, 3.8) is 0 Å². The van der Waals surface area contributed by atoms with Gasteiger partial charge in [-0.05, 0) is 53.1 Å². The van der Waals surface area contributed by atoms with Crippen molar-refractivity contribution in [2.24, 2.45) is 0 Å². The van der Waals surface area contributed by atoms with Crippen LogP contribution in [-0.2, 0) is 0 Å². The Morgan fingerprint density at radius 3 is 1.62 bits per heavy atom. The molecule has 11 aromatic rings. The first-order chi connectivity index (χ1) is 27.8. The second kappa shape index (κ2) is 13.0. The molecule has 8 aromatic carbocycles. The van der Waals surface area contributed by atoms with Gasteiger partial charge in [0.1, 0.15) is 11.2 Å². The van der Waals surface area contributed by atoms with Crippen LogP contribution < -0.4 is 0 Å². The Morgan fingerprint density at radius 1 is 0.339 bits per heavy atom. The fraction of sp³-hybridized carbons (Fsp3) is 0. The van der Waals surface area contributed by atoms with Crippen molar-refractivity contribution >= 4 is 43.7 Å². The lowest BCUT2D eigenvalue weighted by Gasteiger charge is -2.15. The lowest BCUT2D eigenvalue weighted by molar-refractivity contribution is 0.669. The van der Waals surface area contributed by atoms with E-state index in [1.807, 2.05) is 60.7 Å². The average Bonchev–Trinajstić information content (AvgIpc) is 3.83. The Morgan fingerprint density at radius 2 is 0.893 bits per heavy atom. The summed E-state index contributed by atoms with van der Waals surface area (Å²) in [5.41, 5.74) is 12.4. The van der Waals surface area contributed by atoms with Gasteiger partial charge >= 0.3 is 0 Å². The first-order valence-electron chi connectivity index (χ1n) is 18.8. The van der Waals surface area contributed by atoms with Gasteiger partial charge in [0.15, 0.2) is 17.5 Å². The second-order valence-corrected chi connectivity index (χ2v) is 14.0. The van der Waals surface area contributed by atoms with Gasteiger partial charge in [0.25, 0.3) is 0 Å². The molecule has 0 bridgehead atoms. The molecule has 0 amide bonds. The minimum Gasteiger partial charge on any atom is -0.456 e. The van der Waals surface area contributed by atoms with Gasteiger partial charge < -0.3 is 8.98 Å². The number of furan rings is 1. The van der Waals surface area contributed by atoms with Crippen LogP contribution in [0, 0.1) is 0 Å². The van der Waals surface area contributed by atoms with Gasteiger partial charge in [0.05, 0.1) is 16.7 Å². The highest BCUT2D eigenvalue weighted by Gasteiger charge is 2.21. The van der Waals surface area contributed by atoms with Crippen molar-refractivity contribution in [2.75, 3.05) is 0 Å². The summed E-state index contributed by atoms with van der Waals surface area (Å²) >= 11 is 0. The summed E-state index contributed by atoms with van der Waals surface area (Å²) < 4.78 is 9.08. The van der Waals surface area contributed by atoms with Gasteiger partial charge in [-0.25, -0.2) is 15.0 Å². The van der Waals surface area contributed by atoms with Crippen LogP contribution in [0.15, 0.2) is 199 Å². The largest absolute Gasteiger partial charge is 0.456 e. The van der Waals surface area contributed by atoms with E-state index >= 15 is 0 Å². The van der Waals surface area contributed by atoms with Crippen molar-refractivity contribution in [3.8, 4) is 62.1 Å². The third-order valence-corrected chi connectivity index (χ3v) is 10.7. The van der Waals surface area contributed by atoms with Crippen molar-refractivity contribution in [3.05, 3.63) is 194 Å². The summed E-state index contributed by atoms with van der Waals surface area (Å²) in [6.07, 6.45) is 0. The summed E-state index contributed by atoms with van der Waals surface area (Å²) in [4.78, 5) is 14.8. The molecule has 11 rings (SSSR count). The number of hydrogen-bond donors (Lipinski definition) is 0. The molecule has 0 saturated heterocycles. The van der Waals surface area contributed by atoms with E-state index in [1.165, 1.54) is 21.9 Å². The van der Waals surface area contributed by atoms with Gasteiger partial charge in [0.2, 0.25) is 0 Å². The van der Waals surface area contributed by atoms with Gasteiger partial charge in [-0.2, -0.15) is 0 Å². The minimum absolute atomic E-state index is 0.590. The van der Waals surface area contributed by atoms with Crippen molar-refractivity contribution in [1.29, 1.82) is 0 Å². The van der Waals surface area contributed by atoms with E-state index < -0.39 is 0 Å². The monoisotopic (exact) mass is 716 g/mol. The molecular formula is C51H32N4O. The van der Waals surface area contributed by atoms with Gasteiger partial charge in [-0.1, -0.05) is 158 Å². The van der Waals surface area contributed by atoms with E-state index in [4.69, 9.17) is 19.4 Å². The first kappa shape index (κ1) is 31.9. The van der Waals surface area contributed by atoms with E-state index in [9.17, 15) is 0 Å². The second-order valence-electron chi connectivity index (χ2n) is 14.0. The standard InChI is InChI=1S/C51H32N4O/c1-4-16-33(17-5-1)37-24-14-28-44-47(37)40-23-11-13-27-43(40)55(44)42-26-12-10-22-38(42)39-25-15-29-45-48(39)41-31-30-36(32-46(41)56-45)51-53-49(34-18-6-2-7-19-34)52-50(54-51)35-20-8-3-9-21-35/h1-32H. The van der Waals surface area contributed by atoms with Crippen LogP contribution in [0.4, 0.5) is 0 Å². The Labute approximate surface area is 322 Å². The molecule has 0 aliphatic heterocycles. The lowest BCUT2D eigenvalue weighted by Crippen LogP contribution is -2.00. The van der Waals surface area contributed by atoms with Crippen LogP contribution in [0.25, 0.3) is 106 Å². The van der Waals surface area contributed by atoms with Crippen molar-refractivity contribution in [2.45, 2.75) is 0 Å². The van der Waals surface area contributed by atoms with Gasteiger partial charge in [-0.15, -0.1) is 0 Å². The molecule has 0 aliphatic rings. The molecule has 262 valence electrons. The quantitative estimate of drug-likeness (QED) is 0.172. The smallest absolute Gasteiger partial charge is 0.164 e. The van der Waals surface area contributed by atoms with Crippen LogP contribution in [0.2, 0.25) is 0 Å². The summed E-state index contributed by atoms with van der Waals surface area (Å²) in [6, 6.07) is 67.5. The third kappa shape index (κ3) is 5.21. The van der Waals surface area contributed by atoms with Crippen LogP contribution in [0.1, 0.15) is 0 Å². The first-order valence-corrected chi connectivity index (χ1v) is 18.8. The van der Waals surface area contributed by atoms with E-state index in [1.54, 1.807) is 0 Å². The van der Waals surface area contributed by atoms with E-state index in [2.05, 4.69) is 138 Å². The number of para-hydroxylation sites is 2. The maximum absolute atomic E-state index is 6.66. The Bertz CT molecular complexity index is 3180. The van der Waals surface area contributed by atoms with Gasteiger partial charge in [0, 0.05) is 43.8 Å². The molecule has 0 N–H and O–H groups in total. The van der Waals surface area contributed by atoms with Crippen LogP contribution >= 0.6 is 0 Å². The van der Waals surface area contributed by atoms with E-state index in [0.29, 0.717) is 17.5 Å². The summed E-state index contributed by atoms with van der Waals surface area (Å²) in [6.45, 7) is 0. The maximum Gasteiger partial charge on any atom is 0.164 e. The highest BCUT2D eigenvalue weighted by molar-refractivity contribution is 6.17. The highest BCUT2D eigenvalue weighted by Crippen LogP contribution is 2.43. The summed E-state index contributed by atoms with van der Waals surface area (Å²) in [5.74, 6) is 1.84. The van der Waals surface area contributed by atoms with Gasteiger partial charge in [-0.3, -0.25) is 0 Å². The predicted octanol–water partition coefficient (Wildman–Crippen LogP) is 13.2. The molecule has 0 saturated carbocycles. The Hall–Kier alpha value is -7.63. The zero-order valence-corrected chi connectivity index (χ0v) is 30.2.